The van der Waals surface area contributed by atoms with Crippen LogP contribution in [-0.2, 0) is 14.8 Å². The quantitative estimate of drug-likeness (QED) is 0.319. The van der Waals surface area contributed by atoms with Crippen molar-refractivity contribution >= 4 is 39.4 Å². The molecule has 0 saturated heterocycles. The van der Waals surface area contributed by atoms with Gasteiger partial charge in [-0.25, -0.2) is 13.8 Å². The molecule has 0 aromatic heterocycles. The topological polar surface area (TPSA) is 97.3 Å². The molecule has 0 atom stereocenters. The Balaban J connectivity index is 1.83. The van der Waals surface area contributed by atoms with Crippen LogP contribution in [0.3, 0.4) is 0 Å². The molecule has 10 heteroatoms. The van der Waals surface area contributed by atoms with Gasteiger partial charge in [-0.3, -0.25) is 9.10 Å². The maximum absolute atomic E-state index is 13.4. The lowest BCUT2D eigenvalue weighted by Crippen LogP contribution is -2.39. The zero-order chi connectivity index (χ0) is 25.4. The Kier molecular flexibility index (Phi) is 8.73. The molecule has 0 fully saturated rings. The van der Waals surface area contributed by atoms with E-state index in [1.165, 1.54) is 43.7 Å². The highest BCUT2D eigenvalue weighted by Gasteiger charge is 2.27. The summed E-state index contributed by atoms with van der Waals surface area (Å²) in [6, 6.07) is 18.0. The zero-order valence-electron chi connectivity index (χ0n) is 19.6. The first-order valence-corrected chi connectivity index (χ1v) is 12.5. The standard InChI is InChI=1S/C25H26ClN3O5S/c1-4-34-21-10-7-19(8-11-21)16-27-28-25(30)17-29(20-9-14-24(33-3)23(26)15-20)35(31,32)22-12-5-18(2)6-13-22/h5-16H,4,17H2,1-3H3,(H,28,30)/b27-16-. The number of hydrazone groups is 1. The first-order chi connectivity index (χ1) is 16.7. The molecule has 3 aromatic carbocycles. The number of nitrogens with zero attached hydrogens (tertiary/aromatic N) is 2. The predicted octanol–water partition coefficient (Wildman–Crippen LogP) is 4.40. The molecule has 3 aromatic rings. The van der Waals surface area contributed by atoms with Crippen molar-refractivity contribution in [1.82, 2.24) is 5.43 Å². The lowest BCUT2D eigenvalue weighted by atomic mass is 10.2. The number of carbonyl (C=O) groups is 1. The number of rotatable bonds is 10. The van der Waals surface area contributed by atoms with Crippen molar-refractivity contribution in [2.24, 2.45) is 5.10 Å². The molecular formula is C25H26ClN3O5S. The number of benzene rings is 3. The van der Waals surface area contributed by atoms with Gasteiger partial charge in [0, 0.05) is 0 Å². The number of ether oxygens (including phenoxy) is 2. The van der Waals surface area contributed by atoms with Gasteiger partial charge in [0.05, 0.1) is 35.5 Å². The largest absolute Gasteiger partial charge is 0.495 e. The summed E-state index contributed by atoms with van der Waals surface area (Å²) in [6.07, 6.45) is 1.46. The molecule has 0 bridgehead atoms. The van der Waals surface area contributed by atoms with Crippen LogP contribution in [0.5, 0.6) is 11.5 Å². The third-order valence-electron chi connectivity index (χ3n) is 4.91. The number of sulfonamides is 1. The minimum absolute atomic E-state index is 0.0423. The zero-order valence-corrected chi connectivity index (χ0v) is 21.1. The van der Waals surface area contributed by atoms with Gasteiger partial charge >= 0.3 is 0 Å². The van der Waals surface area contributed by atoms with Gasteiger partial charge in [-0.1, -0.05) is 29.3 Å². The number of anilines is 1. The van der Waals surface area contributed by atoms with Gasteiger partial charge in [0.25, 0.3) is 15.9 Å². The van der Waals surface area contributed by atoms with Crippen LogP contribution in [-0.4, -0.2) is 40.8 Å². The van der Waals surface area contributed by atoms with Crippen LogP contribution < -0.4 is 19.2 Å². The Morgan fingerprint density at radius 3 is 2.37 bits per heavy atom. The van der Waals surface area contributed by atoms with E-state index in [2.05, 4.69) is 10.5 Å². The van der Waals surface area contributed by atoms with Crippen LogP contribution in [0.4, 0.5) is 5.69 Å². The van der Waals surface area contributed by atoms with Gasteiger partial charge in [-0.2, -0.15) is 5.10 Å². The van der Waals surface area contributed by atoms with Crippen molar-refractivity contribution in [1.29, 1.82) is 0 Å². The number of hydrogen-bond donors (Lipinski definition) is 1. The summed E-state index contributed by atoms with van der Waals surface area (Å²) < 4.78 is 38.4. The van der Waals surface area contributed by atoms with Crippen molar-refractivity contribution in [3.63, 3.8) is 0 Å². The first-order valence-electron chi connectivity index (χ1n) is 10.7. The molecule has 0 heterocycles. The molecule has 8 nitrogen and oxygen atoms in total. The monoisotopic (exact) mass is 515 g/mol. The lowest BCUT2D eigenvalue weighted by Gasteiger charge is -2.24. The average Bonchev–Trinajstić information content (AvgIpc) is 2.84. The maximum Gasteiger partial charge on any atom is 0.264 e. The van der Waals surface area contributed by atoms with Crippen LogP contribution in [0.2, 0.25) is 5.02 Å². The molecule has 0 radical (unpaired) electrons. The van der Waals surface area contributed by atoms with E-state index in [4.69, 9.17) is 21.1 Å². The molecule has 0 aliphatic rings. The van der Waals surface area contributed by atoms with E-state index in [0.29, 0.717) is 12.4 Å². The summed E-state index contributed by atoms with van der Waals surface area (Å²) >= 11 is 6.23. The van der Waals surface area contributed by atoms with Gasteiger partial charge < -0.3 is 9.47 Å². The van der Waals surface area contributed by atoms with E-state index < -0.39 is 22.5 Å². The highest BCUT2D eigenvalue weighted by atomic mass is 35.5. The van der Waals surface area contributed by atoms with Crippen molar-refractivity contribution in [2.45, 2.75) is 18.7 Å². The molecule has 0 aliphatic carbocycles. The van der Waals surface area contributed by atoms with Gasteiger partial charge in [-0.15, -0.1) is 0 Å². The van der Waals surface area contributed by atoms with E-state index in [0.717, 1.165) is 21.2 Å². The highest BCUT2D eigenvalue weighted by molar-refractivity contribution is 7.92. The van der Waals surface area contributed by atoms with Crippen molar-refractivity contribution in [2.75, 3.05) is 24.6 Å². The molecule has 35 heavy (non-hydrogen) atoms. The van der Waals surface area contributed by atoms with Crippen molar-refractivity contribution in [3.8, 4) is 11.5 Å². The fourth-order valence-electron chi connectivity index (χ4n) is 3.12. The number of amides is 1. The lowest BCUT2D eigenvalue weighted by molar-refractivity contribution is -0.119. The van der Waals surface area contributed by atoms with Gasteiger partial charge in [-0.05, 0) is 74.0 Å². The fraction of sp³-hybridized carbons (Fsp3) is 0.200. The molecule has 3 rings (SSSR count). The van der Waals surface area contributed by atoms with E-state index >= 15 is 0 Å². The van der Waals surface area contributed by atoms with Crippen LogP contribution in [0.15, 0.2) is 76.7 Å². The minimum atomic E-state index is -4.08. The Morgan fingerprint density at radius 1 is 1.09 bits per heavy atom. The molecule has 0 spiro atoms. The Morgan fingerprint density at radius 2 is 1.77 bits per heavy atom. The van der Waals surface area contributed by atoms with E-state index in [9.17, 15) is 13.2 Å². The minimum Gasteiger partial charge on any atom is -0.495 e. The maximum atomic E-state index is 13.4. The summed E-state index contributed by atoms with van der Waals surface area (Å²) in [5.41, 5.74) is 4.23. The second kappa shape index (κ2) is 11.7. The Hall–Kier alpha value is -3.56. The molecule has 1 N–H and O–H groups in total. The number of hydrogen-bond acceptors (Lipinski definition) is 6. The predicted molar refractivity (Wildman–Crippen MR) is 137 cm³/mol. The molecule has 1 amide bonds. The summed E-state index contributed by atoms with van der Waals surface area (Å²) in [4.78, 5) is 12.7. The second-order valence-corrected chi connectivity index (χ2v) is 9.71. The molecule has 184 valence electrons. The Labute approximate surface area is 210 Å². The van der Waals surface area contributed by atoms with Gasteiger partial charge in [0.2, 0.25) is 0 Å². The van der Waals surface area contributed by atoms with Crippen molar-refractivity contribution < 1.29 is 22.7 Å². The second-order valence-electron chi connectivity index (χ2n) is 7.44. The highest BCUT2D eigenvalue weighted by Crippen LogP contribution is 2.32. The summed E-state index contributed by atoms with van der Waals surface area (Å²) in [5.74, 6) is 0.478. The van der Waals surface area contributed by atoms with Crippen molar-refractivity contribution in [3.05, 3.63) is 82.9 Å². The summed E-state index contributed by atoms with van der Waals surface area (Å²) in [7, 11) is -2.63. The number of carbonyl (C=O) groups excluding carboxylic acids is 1. The van der Waals surface area contributed by atoms with Crippen LogP contribution in [0.25, 0.3) is 0 Å². The number of halogens is 1. The molecular weight excluding hydrogens is 490 g/mol. The third-order valence-corrected chi connectivity index (χ3v) is 7.00. The van der Waals surface area contributed by atoms with Crippen LogP contribution in [0.1, 0.15) is 18.1 Å². The van der Waals surface area contributed by atoms with Gasteiger partial charge in [0.15, 0.2) is 0 Å². The van der Waals surface area contributed by atoms with E-state index in [-0.39, 0.29) is 15.6 Å². The molecule has 0 saturated carbocycles. The normalized spacial score (nSPS) is 11.3. The average molecular weight is 516 g/mol. The van der Waals surface area contributed by atoms with E-state index in [1.807, 2.05) is 13.8 Å². The molecule has 0 unspecified atom stereocenters. The number of nitrogens with one attached hydrogen (secondary N) is 1. The van der Waals surface area contributed by atoms with Crippen LogP contribution >= 0.6 is 11.6 Å². The van der Waals surface area contributed by atoms with Crippen LogP contribution in [0, 0.1) is 6.92 Å². The SMILES string of the molecule is CCOc1ccc(/C=N\NC(=O)CN(c2ccc(OC)c(Cl)c2)S(=O)(=O)c2ccc(C)cc2)cc1. The Bertz CT molecular complexity index is 1290. The van der Waals surface area contributed by atoms with Gasteiger partial charge in [0.1, 0.15) is 18.0 Å². The summed E-state index contributed by atoms with van der Waals surface area (Å²) in [6.45, 7) is 3.80. The molecule has 0 aliphatic heterocycles. The smallest absolute Gasteiger partial charge is 0.264 e. The number of methoxy groups -OCH3 is 1. The number of aryl methyl sites for hydroxylation is 1. The summed E-state index contributed by atoms with van der Waals surface area (Å²) in [5, 5.41) is 4.15. The first kappa shape index (κ1) is 26.1. The fourth-order valence-corrected chi connectivity index (χ4v) is 4.79. The third kappa shape index (κ3) is 6.74. The van der Waals surface area contributed by atoms with E-state index in [1.54, 1.807) is 36.4 Å².